The van der Waals surface area contributed by atoms with Crippen molar-refractivity contribution in [1.82, 2.24) is 20.3 Å². The van der Waals surface area contributed by atoms with Crippen molar-refractivity contribution in [2.24, 2.45) is 0 Å². The van der Waals surface area contributed by atoms with Crippen LogP contribution in [0.5, 0.6) is 0 Å². The van der Waals surface area contributed by atoms with Gasteiger partial charge >= 0.3 is 0 Å². The molecule has 0 unspecified atom stereocenters. The summed E-state index contributed by atoms with van der Waals surface area (Å²) in [5.41, 5.74) is 5.93. The summed E-state index contributed by atoms with van der Waals surface area (Å²) in [6.45, 7) is 5.10. The fourth-order valence-electron chi connectivity index (χ4n) is 3.87. The van der Waals surface area contributed by atoms with Crippen LogP contribution in [0.1, 0.15) is 54.2 Å². The first-order chi connectivity index (χ1) is 13.1. The molecule has 0 atom stereocenters. The minimum Gasteiger partial charge on any atom is -0.356 e. The van der Waals surface area contributed by atoms with Gasteiger partial charge in [-0.1, -0.05) is 38.1 Å². The number of hydrogen-bond donors (Lipinski definition) is 2. The molecular weight excluding hydrogens is 336 g/mol. The Hall–Kier alpha value is -2.95. The number of amides is 1. The molecule has 5 nitrogen and oxygen atoms in total. The molecule has 27 heavy (non-hydrogen) atoms. The molecule has 1 spiro atoms. The van der Waals surface area contributed by atoms with Gasteiger partial charge in [0.05, 0.1) is 17.0 Å². The average molecular weight is 358 g/mol. The maximum absolute atomic E-state index is 12.3. The number of aromatic nitrogens is 3. The van der Waals surface area contributed by atoms with Gasteiger partial charge in [-0.05, 0) is 36.5 Å². The summed E-state index contributed by atoms with van der Waals surface area (Å²) >= 11 is 0. The largest absolute Gasteiger partial charge is 0.356 e. The van der Waals surface area contributed by atoms with Gasteiger partial charge in [-0.3, -0.25) is 4.79 Å². The number of nitrogens with one attached hydrogen (secondary N) is 2. The van der Waals surface area contributed by atoms with Gasteiger partial charge in [0.2, 0.25) is 0 Å². The smallest absolute Gasteiger partial charge is 0.253 e. The van der Waals surface area contributed by atoms with Crippen LogP contribution < -0.4 is 5.32 Å². The molecule has 0 radical (unpaired) electrons. The number of fused-ring (bicyclic) bond motifs is 2. The first-order valence-electron chi connectivity index (χ1n) is 9.51. The van der Waals surface area contributed by atoms with E-state index in [1.165, 1.54) is 5.56 Å². The van der Waals surface area contributed by atoms with Crippen molar-refractivity contribution in [3.8, 4) is 22.8 Å². The number of H-pyrrole nitrogens is 1. The van der Waals surface area contributed by atoms with Gasteiger partial charge in [0.1, 0.15) is 0 Å². The lowest BCUT2D eigenvalue weighted by atomic mass is 9.95. The molecule has 1 fully saturated rings. The average Bonchev–Trinajstić information content (AvgIpc) is 3.32. The Balaban J connectivity index is 1.52. The van der Waals surface area contributed by atoms with Crippen molar-refractivity contribution in [3.63, 3.8) is 0 Å². The topological polar surface area (TPSA) is 70.7 Å². The second kappa shape index (κ2) is 5.78. The molecule has 0 saturated heterocycles. The minimum absolute atomic E-state index is 0.00331. The summed E-state index contributed by atoms with van der Waals surface area (Å²) in [5, 5.41) is 3.02. The standard InChI is InChI=1S/C22H22N4O/c1-13(2)14-3-5-15(6-4-14)20-23-10-7-17(26-20)18-11-16-19(25-18)22(8-9-22)12-24-21(16)27/h3-7,10-11,13,25H,8-9,12H2,1-2H3,(H,24,27). The Morgan fingerprint density at radius 2 is 1.89 bits per heavy atom. The number of hydrogen-bond acceptors (Lipinski definition) is 3. The van der Waals surface area contributed by atoms with E-state index in [2.05, 4.69) is 53.4 Å². The Kier molecular flexibility index (Phi) is 3.47. The van der Waals surface area contributed by atoms with Crippen LogP contribution in [-0.4, -0.2) is 27.4 Å². The third-order valence-corrected chi connectivity index (χ3v) is 5.80. The number of benzene rings is 1. The maximum Gasteiger partial charge on any atom is 0.253 e. The second-order valence-corrected chi connectivity index (χ2v) is 7.98. The summed E-state index contributed by atoms with van der Waals surface area (Å²) in [5.74, 6) is 1.20. The second-order valence-electron chi connectivity index (χ2n) is 7.98. The third kappa shape index (κ3) is 2.65. The summed E-state index contributed by atoms with van der Waals surface area (Å²) in [4.78, 5) is 24.9. The van der Waals surface area contributed by atoms with E-state index < -0.39 is 0 Å². The van der Waals surface area contributed by atoms with Gasteiger partial charge in [-0.2, -0.15) is 0 Å². The first-order valence-corrected chi connectivity index (χ1v) is 9.51. The Morgan fingerprint density at radius 3 is 2.59 bits per heavy atom. The van der Waals surface area contributed by atoms with Crippen molar-refractivity contribution < 1.29 is 4.79 Å². The molecule has 3 aromatic rings. The van der Waals surface area contributed by atoms with Crippen LogP contribution in [0.15, 0.2) is 42.6 Å². The number of carbonyl (C=O) groups excluding carboxylic acids is 1. The predicted molar refractivity (Wildman–Crippen MR) is 105 cm³/mol. The van der Waals surface area contributed by atoms with Crippen molar-refractivity contribution in [1.29, 1.82) is 0 Å². The van der Waals surface area contributed by atoms with E-state index in [-0.39, 0.29) is 11.3 Å². The molecule has 5 heteroatoms. The SMILES string of the molecule is CC(C)c1ccc(-c2nccc(-c3cc4c([nH]3)C3(CC3)CNC4=O)n2)cc1. The fourth-order valence-corrected chi connectivity index (χ4v) is 3.87. The zero-order valence-electron chi connectivity index (χ0n) is 15.5. The first kappa shape index (κ1) is 16.2. The molecule has 0 bridgehead atoms. The summed E-state index contributed by atoms with van der Waals surface area (Å²) in [6, 6.07) is 12.2. The Labute approximate surface area is 158 Å². The molecule has 2 aromatic heterocycles. The molecule has 1 amide bonds. The van der Waals surface area contributed by atoms with Crippen LogP contribution >= 0.6 is 0 Å². The lowest BCUT2D eigenvalue weighted by molar-refractivity contribution is 0.0937. The molecule has 3 heterocycles. The summed E-state index contributed by atoms with van der Waals surface area (Å²) < 4.78 is 0. The van der Waals surface area contributed by atoms with Crippen LogP contribution in [-0.2, 0) is 5.41 Å². The highest BCUT2D eigenvalue weighted by atomic mass is 16.1. The molecule has 5 rings (SSSR count). The quantitative estimate of drug-likeness (QED) is 0.742. The summed E-state index contributed by atoms with van der Waals surface area (Å²) in [6.07, 6.45) is 4.02. The molecule has 1 aliphatic heterocycles. The van der Waals surface area contributed by atoms with Crippen LogP contribution in [0.2, 0.25) is 0 Å². The van der Waals surface area contributed by atoms with Gasteiger partial charge in [0.15, 0.2) is 5.82 Å². The molecule has 1 aromatic carbocycles. The lowest BCUT2D eigenvalue weighted by Gasteiger charge is -2.21. The van der Waals surface area contributed by atoms with Crippen LogP contribution in [0.25, 0.3) is 22.8 Å². The van der Waals surface area contributed by atoms with Gasteiger partial charge in [0, 0.05) is 29.4 Å². The van der Waals surface area contributed by atoms with Crippen molar-refractivity contribution in [3.05, 3.63) is 59.4 Å². The molecule has 136 valence electrons. The van der Waals surface area contributed by atoms with E-state index in [4.69, 9.17) is 4.98 Å². The highest BCUT2D eigenvalue weighted by molar-refractivity contribution is 5.98. The van der Waals surface area contributed by atoms with Gasteiger partial charge in [-0.25, -0.2) is 9.97 Å². The van der Waals surface area contributed by atoms with Gasteiger partial charge in [-0.15, -0.1) is 0 Å². The zero-order chi connectivity index (χ0) is 18.6. The van der Waals surface area contributed by atoms with E-state index in [1.54, 1.807) is 6.20 Å². The monoisotopic (exact) mass is 358 g/mol. The fraction of sp³-hybridized carbons (Fsp3) is 0.318. The molecule has 1 aliphatic carbocycles. The maximum atomic E-state index is 12.3. The normalized spacial score (nSPS) is 17.1. The highest BCUT2D eigenvalue weighted by Crippen LogP contribution is 2.50. The van der Waals surface area contributed by atoms with Crippen LogP contribution in [0, 0.1) is 0 Å². The zero-order valence-corrected chi connectivity index (χ0v) is 15.5. The van der Waals surface area contributed by atoms with Crippen molar-refractivity contribution in [2.45, 2.75) is 38.0 Å². The number of aromatic amines is 1. The highest BCUT2D eigenvalue weighted by Gasteiger charge is 2.50. The molecular formula is C22H22N4O. The summed E-state index contributed by atoms with van der Waals surface area (Å²) in [7, 11) is 0. The molecule has 2 aliphatic rings. The van der Waals surface area contributed by atoms with E-state index in [0.29, 0.717) is 11.7 Å². The van der Waals surface area contributed by atoms with Gasteiger partial charge < -0.3 is 10.3 Å². The van der Waals surface area contributed by atoms with Gasteiger partial charge in [0.25, 0.3) is 5.91 Å². The predicted octanol–water partition coefficient (Wildman–Crippen LogP) is 4.04. The Bertz CT molecular complexity index is 1030. The number of nitrogens with zero attached hydrogens (tertiary/aromatic N) is 2. The van der Waals surface area contributed by atoms with Crippen LogP contribution in [0.4, 0.5) is 0 Å². The van der Waals surface area contributed by atoms with E-state index >= 15 is 0 Å². The molecule has 1 saturated carbocycles. The van der Waals surface area contributed by atoms with E-state index in [1.807, 2.05) is 12.1 Å². The lowest BCUT2D eigenvalue weighted by Crippen LogP contribution is -2.38. The van der Waals surface area contributed by atoms with Crippen LogP contribution in [0.3, 0.4) is 0 Å². The van der Waals surface area contributed by atoms with E-state index in [0.717, 1.165) is 47.6 Å². The van der Waals surface area contributed by atoms with E-state index in [9.17, 15) is 4.79 Å². The number of carbonyl (C=O) groups is 1. The third-order valence-electron chi connectivity index (χ3n) is 5.80. The number of rotatable bonds is 3. The molecule has 2 N–H and O–H groups in total. The van der Waals surface area contributed by atoms with Crippen molar-refractivity contribution in [2.75, 3.05) is 6.54 Å². The van der Waals surface area contributed by atoms with Crippen molar-refractivity contribution >= 4 is 5.91 Å². The Morgan fingerprint density at radius 1 is 1.11 bits per heavy atom. The minimum atomic E-state index is 0.00331.